The molecule has 0 aliphatic carbocycles. The van der Waals surface area contributed by atoms with Crippen LogP contribution in [0.2, 0.25) is 0 Å². The van der Waals surface area contributed by atoms with Gasteiger partial charge >= 0.3 is 0 Å². The van der Waals surface area contributed by atoms with E-state index >= 15 is 0 Å². The molecule has 6 nitrogen and oxygen atoms in total. The van der Waals surface area contributed by atoms with E-state index in [0.29, 0.717) is 11.4 Å². The minimum Gasteiger partial charge on any atom is -0.496 e. The van der Waals surface area contributed by atoms with Crippen LogP contribution in [-0.2, 0) is 21.4 Å². The van der Waals surface area contributed by atoms with E-state index in [1.165, 1.54) is 0 Å². The molecule has 2 rings (SSSR count). The highest BCUT2D eigenvalue weighted by molar-refractivity contribution is 7.92. The molecule has 1 atom stereocenters. The van der Waals surface area contributed by atoms with Gasteiger partial charge in [0.05, 0.1) is 18.8 Å². The summed E-state index contributed by atoms with van der Waals surface area (Å²) in [5, 5.41) is 2.76. The van der Waals surface area contributed by atoms with Crippen molar-refractivity contribution >= 4 is 21.6 Å². The van der Waals surface area contributed by atoms with Crippen LogP contribution in [0.4, 0.5) is 5.69 Å². The smallest absolute Gasteiger partial charge is 0.233 e. The number of amides is 1. The predicted octanol–water partition coefficient (Wildman–Crippen LogP) is 2.70. The number of para-hydroxylation sites is 1. The minimum atomic E-state index is -3.62. The molecule has 26 heavy (non-hydrogen) atoms. The Morgan fingerprint density at radius 3 is 2.42 bits per heavy atom. The summed E-state index contributed by atoms with van der Waals surface area (Å²) in [6.45, 7) is 3.79. The fourth-order valence-corrected chi connectivity index (χ4v) is 3.84. The van der Waals surface area contributed by atoms with E-state index in [1.807, 2.05) is 37.3 Å². The van der Waals surface area contributed by atoms with Crippen molar-refractivity contribution in [1.29, 1.82) is 0 Å². The number of hydrogen-bond acceptors (Lipinski definition) is 4. The predicted molar refractivity (Wildman–Crippen MR) is 103 cm³/mol. The summed E-state index contributed by atoms with van der Waals surface area (Å²) in [5.74, 6) is -0.634. The first-order valence-electron chi connectivity index (χ1n) is 8.27. The van der Waals surface area contributed by atoms with E-state index < -0.39 is 15.9 Å². The number of carbonyl (C=O) groups excluding carboxylic acids is 1. The molecule has 0 radical (unpaired) electrons. The lowest BCUT2D eigenvalue weighted by Gasteiger charge is -2.15. The first-order chi connectivity index (χ1) is 12.3. The van der Waals surface area contributed by atoms with Gasteiger partial charge in [-0.1, -0.05) is 42.8 Å². The van der Waals surface area contributed by atoms with Crippen molar-refractivity contribution in [3.63, 3.8) is 0 Å². The number of aryl methyl sites for hydroxylation is 1. The fourth-order valence-electron chi connectivity index (χ4n) is 2.45. The molecular weight excluding hydrogens is 352 g/mol. The van der Waals surface area contributed by atoms with Crippen LogP contribution in [0, 0.1) is 12.8 Å². The van der Waals surface area contributed by atoms with Crippen LogP contribution in [0.5, 0.6) is 5.75 Å². The van der Waals surface area contributed by atoms with Gasteiger partial charge in [0.25, 0.3) is 0 Å². The monoisotopic (exact) mass is 376 g/mol. The van der Waals surface area contributed by atoms with E-state index in [-0.39, 0.29) is 18.2 Å². The van der Waals surface area contributed by atoms with Crippen molar-refractivity contribution in [1.82, 2.24) is 5.32 Å². The second-order valence-electron chi connectivity index (χ2n) is 6.18. The topological polar surface area (TPSA) is 84.5 Å². The molecule has 0 fully saturated rings. The Labute approximate surface area is 154 Å². The Balaban J connectivity index is 1.92. The van der Waals surface area contributed by atoms with E-state index in [2.05, 4.69) is 10.0 Å². The van der Waals surface area contributed by atoms with Gasteiger partial charge in [-0.25, -0.2) is 8.42 Å². The summed E-state index contributed by atoms with van der Waals surface area (Å²) in [7, 11) is -2.06. The standard InChI is InChI=1S/C19H24N2O4S/c1-14-8-10-17(11-9-14)21-26(23,24)13-15(2)19(22)20-12-16-6-4-5-7-18(16)25-3/h4-11,15,21H,12-13H2,1-3H3,(H,20,22). The second-order valence-corrected chi connectivity index (χ2v) is 7.95. The number of hydrogen-bond donors (Lipinski definition) is 2. The van der Waals surface area contributed by atoms with Gasteiger partial charge in [0.1, 0.15) is 5.75 Å². The molecule has 0 heterocycles. The number of benzene rings is 2. The summed E-state index contributed by atoms with van der Waals surface area (Å²) in [4.78, 5) is 12.2. The molecule has 0 aliphatic rings. The molecule has 140 valence electrons. The van der Waals surface area contributed by atoms with Gasteiger partial charge in [-0.15, -0.1) is 0 Å². The molecule has 0 spiro atoms. The maximum absolute atomic E-state index is 12.3. The summed E-state index contributed by atoms with van der Waals surface area (Å²) in [6.07, 6.45) is 0. The van der Waals surface area contributed by atoms with Crippen LogP contribution in [0.3, 0.4) is 0 Å². The van der Waals surface area contributed by atoms with E-state index in [4.69, 9.17) is 4.74 Å². The number of carbonyl (C=O) groups is 1. The summed E-state index contributed by atoms with van der Waals surface area (Å²) in [5.41, 5.74) is 2.35. The Hall–Kier alpha value is -2.54. The molecule has 0 saturated carbocycles. The van der Waals surface area contributed by atoms with Gasteiger partial charge in [0.15, 0.2) is 0 Å². The number of sulfonamides is 1. The molecule has 1 unspecified atom stereocenters. The minimum absolute atomic E-state index is 0.276. The molecule has 2 aromatic carbocycles. The van der Waals surface area contributed by atoms with Crippen LogP contribution in [0.25, 0.3) is 0 Å². The lowest BCUT2D eigenvalue weighted by molar-refractivity contribution is -0.124. The lowest BCUT2D eigenvalue weighted by atomic mass is 10.1. The van der Waals surface area contributed by atoms with Gasteiger partial charge in [-0.05, 0) is 25.1 Å². The highest BCUT2D eigenvalue weighted by atomic mass is 32.2. The van der Waals surface area contributed by atoms with Crippen LogP contribution >= 0.6 is 0 Å². The van der Waals surface area contributed by atoms with E-state index in [0.717, 1.165) is 11.1 Å². The Morgan fingerprint density at radius 1 is 1.12 bits per heavy atom. The highest BCUT2D eigenvalue weighted by Crippen LogP contribution is 2.17. The third-order valence-corrected chi connectivity index (χ3v) is 5.37. The van der Waals surface area contributed by atoms with Crippen LogP contribution in [-0.4, -0.2) is 27.2 Å². The van der Waals surface area contributed by atoms with Crippen molar-refractivity contribution in [2.75, 3.05) is 17.6 Å². The molecule has 7 heteroatoms. The summed E-state index contributed by atoms with van der Waals surface area (Å²) >= 11 is 0. The zero-order chi connectivity index (χ0) is 19.2. The second kappa shape index (κ2) is 8.71. The molecule has 0 saturated heterocycles. The summed E-state index contributed by atoms with van der Waals surface area (Å²) < 4.78 is 32.3. The van der Waals surface area contributed by atoms with E-state index in [9.17, 15) is 13.2 Å². The number of anilines is 1. The fraction of sp³-hybridized carbons (Fsp3) is 0.316. The average Bonchev–Trinajstić information content (AvgIpc) is 2.61. The van der Waals surface area contributed by atoms with Gasteiger partial charge in [-0.2, -0.15) is 0 Å². The van der Waals surface area contributed by atoms with Gasteiger partial charge in [-0.3, -0.25) is 9.52 Å². The first-order valence-corrected chi connectivity index (χ1v) is 9.92. The SMILES string of the molecule is COc1ccccc1CNC(=O)C(C)CS(=O)(=O)Nc1ccc(C)cc1. The Kier molecular flexibility index (Phi) is 6.63. The van der Waals surface area contributed by atoms with Crippen LogP contribution in [0.15, 0.2) is 48.5 Å². The lowest BCUT2D eigenvalue weighted by Crippen LogP contribution is -2.34. The third-order valence-electron chi connectivity index (χ3n) is 3.89. The van der Waals surface area contributed by atoms with E-state index in [1.54, 1.807) is 32.2 Å². The molecule has 0 bridgehead atoms. The number of ether oxygens (including phenoxy) is 1. The quantitative estimate of drug-likeness (QED) is 0.742. The summed E-state index contributed by atoms with van der Waals surface area (Å²) in [6, 6.07) is 14.4. The Bertz CT molecular complexity index is 848. The molecule has 0 aromatic heterocycles. The molecule has 2 aromatic rings. The first kappa shape index (κ1) is 19.8. The van der Waals surface area contributed by atoms with Crippen LogP contribution < -0.4 is 14.8 Å². The maximum atomic E-state index is 12.3. The van der Waals surface area contributed by atoms with Gasteiger partial charge < -0.3 is 10.1 Å². The maximum Gasteiger partial charge on any atom is 0.233 e. The molecule has 2 N–H and O–H groups in total. The average molecular weight is 376 g/mol. The number of rotatable bonds is 8. The van der Waals surface area contributed by atoms with Crippen molar-refractivity contribution < 1.29 is 17.9 Å². The number of nitrogens with one attached hydrogen (secondary N) is 2. The Morgan fingerprint density at radius 2 is 1.77 bits per heavy atom. The zero-order valence-corrected chi connectivity index (χ0v) is 16.0. The highest BCUT2D eigenvalue weighted by Gasteiger charge is 2.21. The zero-order valence-electron chi connectivity index (χ0n) is 15.2. The normalized spacial score (nSPS) is 12.3. The van der Waals surface area contributed by atoms with Crippen molar-refractivity contribution in [3.05, 3.63) is 59.7 Å². The van der Waals surface area contributed by atoms with Gasteiger partial charge in [0.2, 0.25) is 15.9 Å². The molecular formula is C19H24N2O4S. The van der Waals surface area contributed by atoms with Gasteiger partial charge in [0, 0.05) is 17.8 Å². The molecule has 1 amide bonds. The van der Waals surface area contributed by atoms with Crippen molar-refractivity contribution in [3.8, 4) is 5.75 Å². The number of methoxy groups -OCH3 is 1. The van der Waals surface area contributed by atoms with Crippen molar-refractivity contribution in [2.24, 2.45) is 5.92 Å². The van der Waals surface area contributed by atoms with Crippen LogP contribution in [0.1, 0.15) is 18.1 Å². The third kappa shape index (κ3) is 5.77. The largest absolute Gasteiger partial charge is 0.496 e. The molecule has 0 aliphatic heterocycles. The van der Waals surface area contributed by atoms with Crippen molar-refractivity contribution in [2.45, 2.75) is 20.4 Å².